The van der Waals surface area contributed by atoms with E-state index in [9.17, 15) is 19.1 Å². The van der Waals surface area contributed by atoms with E-state index in [1.54, 1.807) is 43.0 Å². The van der Waals surface area contributed by atoms with Crippen LogP contribution < -0.4 is 5.32 Å². The van der Waals surface area contributed by atoms with Crippen molar-refractivity contribution in [1.29, 1.82) is 0 Å². The van der Waals surface area contributed by atoms with Crippen LogP contribution in [0, 0.1) is 5.82 Å². The zero-order valence-corrected chi connectivity index (χ0v) is 21.6. The molecule has 0 radical (unpaired) electrons. The van der Waals surface area contributed by atoms with E-state index < -0.39 is 17.9 Å². The molecule has 1 amide bonds. The highest BCUT2D eigenvalue weighted by molar-refractivity contribution is 7.98. The number of allylic oxidation sites excluding steroid dienone is 1. The summed E-state index contributed by atoms with van der Waals surface area (Å²) >= 11 is 3.03. The Kier molecular flexibility index (Phi) is 8.86. The molecule has 0 saturated heterocycles. The number of hydrogen-bond donors (Lipinski definition) is 2. The number of aromatic nitrogens is 3. The summed E-state index contributed by atoms with van der Waals surface area (Å²) in [5.74, 6) is -1.37. The number of carbonyl (C=O) groups excluding carboxylic acids is 1. The first-order valence-corrected chi connectivity index (χ1v) is 13.7. The second-order valence-electron chi connectivity index (χ2n) is 8.20. The number of carbonyl (C=O) groups is 2. The van der Waals surface area contributed by atoms with E-state index in [1.165, 1.54) is 35.2 Å². The molecule has 0 saturated carbocycles. The lowest BCUT2D eigenvalue weighted by atomic mass is 9.95. The van der Waals surface area contributed by atoms with Crippen molar-refractivity contribution in [2.45, 2.75) is 19.0 Å². The fraction of sp³-hybridized carbons (Fsp3) is 0.185. The van der Waals surface area contributed by atoms with Crippen molar-refractivity contribution in [3.8, 4) is 11.1 Å². The summed E-state index contributed by atoms with van der Waals surface area (Å²) in [5.41, 5.74) is 3.30. The second-order valence-corrected chi connectivity index (χ2v) is 10.1. The Balaban J connectivity index is 1.74. The van der Waals surface area contributed by atoms with E-state index in [0.717, 1.165) is 16.1 Å². The molecule has 2 heterocycles. The lowest BCUT2D eigenvalue weighted by molar-refractivity contribution is -0.139. The highest BCUT2D eigenvalue weighted by atomic mass is 32.2. The van der Waals surface area contributed by atoms with Gasteiger partial charge in [-0.25, -0.2) is 19.2 Å². The number of halogens is 1. The van der Waals surface area contributed by atoms with Crippen molar-refractivity contribution >= 4 is 46.6 Å². The molecule has 2 N–H and O–H groups in total. The minimum atomic E-state index is -1.09. The summed E-state index contributed by atoms with van der Waals surface area (Å²) in [6.07, 6.45) is 11.2. The third-order valence-corrected chi connectivity index (χ3v) is 7.11. The van der Waals surface area contributed by atoms with Crippen molar-refractivity contribution < 1.29 is 19.1 Å². The molecule has 4 aromatic rings. The van der Waals surface area contributed by atoms with E-state index in [4.69, 9.17) is 0 Å². The first-order valence-electron chi connectivity index (χ1n) is 11.4. The molecule has 0 aliphatic heterocycles. The summed E-state index contributed by atoms with van der Waals surface area (Å²) in [4.78, 5) is 33.5. The van der Waals surface area contributed by atoms with Crippen molar-refractivity contribution in [2.75, 3.05) is 12.0 Å². The van der Waals surface area contributed by atoms with Crippen LogP contribution in [0.3, 0.4) is 0 Å². The Morgan fingerprint density at radius 1 is 1.22 bits per heavy atom. The molecule has 7 nitrogen and oxygen atoms in total. The number of aliphatic carboxylic acids is 1. The number of nitrogens with one attached hydrogen (secondary N) is 1. The minimum absolute atomic E-state index is 0.306. The molecule has 0 fully saturated rings. The van der Waals surface area contributed by atoms with Crippen LogP contribution >= 0.6 is 23.1 Å². The normalized spacial score (nSPS) is 12.3. The molecule has 0 aliphatic rings. The van der Waals surface area contributed by atoms with Gasteiger partial charge < -0.3 is 15.0 Å². The Labute approximate surface area is 222 Å². The quantitative estimate of drug-likeness (QED) is 0.269. The Hall–Kier alpha value is -3.76. The van der Waals surface area contributed by atoms with Crippen LogP contribution in [0.5, 0.6) is 0 Å². The highest BCUT2D eigenvalue weighted by Gasteiger charge is 2.22. The van der Waals surface area contributed by atoms with Gasteiger partial charge in [0, 0.05) is 35.1 Å². The predicted octanol–water partition coefficient (Wildman–Crippen LogP) is 5.32. The molecule has 190 valence electrons. The first kappa shape index (κ1) is 26.3. The SMILES string of the molecule is CSCC[C@H](NC(=O)c1ccc(/C=C(/Cn2ccnc2)c2nccs2)cc1-c1ccc(F)cc1)C(=O)O. The molecular formula is C27H25FN4O3S2. The van der Waals surface area contributed by atoms with E-state index in [0.29, 0.717) is 35.4 Å². The number of imidazole rings is 1. The Bertz CT molecular complexity index is 1370. The van der Waals surface area contributed by atoms with Crippen LogP contribution in [-0.2, 0) is 11.3 Å². The van der Waals surface area contributed by atoms with E-state index >= 15 is 0 Å². The van der Waals surface area contributed by atoms with E-state index in [1.807, 2.05) is 34.5 Å². The van der Waals surface area contributed by atoms with Gasteiger partial charge in [-0.1, -0.05) is 18.2 Å². The standard InChI is InChI=1S/C27H25FN4O3S2/c1-36-12-8-24(27(34)35)31-25(33)22-7-2-18(15-23(22)19-3-5-21(28)6-4-19)14-20(26-30-10-13-37-26)16-32-11-9-29-17-32/h2-7,9-11,13-15,17,24H,8,12,16H2,1H3,(H,31,33)(H,34,35)/b20-14-/t24-/m0/s1. The van der Waals surface area contributed by atoms with Crippen LogP contribution in [0.25, 0.3) is 22.8 Å². The molecule has 37 heavy (non-hydrogen) atoms. The monoisotopic (exact) mass is 536 g/mol. The molecule has 4 rings (SSSR count). The number of hydrogen-bond acceptors (Lipinski definition) is 6. The molecule has 2 aromatic carbocycles. The topological polar surface area (TPSA) is 97.1 Å². The summed E-state index contributed by atoms with van der Waals surface area (Å²) < 4.78 is 15.6. The zero-order chi connectivity index (χ0) is 26.2. The van der Waals surface area contributed by atoms with Gasteiger partial charge in [-0.15, -0.1) is 11.3 Å². The van der Waals surface area contributed by atoms with Crippen molar-refractivity contribution in [2.24, 2.45) is 0 Å². The second kappa shape index (κ2) is 12.5. The number of rotatable bonds is 11. The molecule has 0 spiro atoms. The summed E-state index contributed by atoms with van der Waals surface area (Å²) in [6, 6.07) is 10.2. The molecule has 0 unspecified atom stereocenters. The van der Waals surface area contributed by atoms with Gasteiger partial charge in [0.05, 0.1) is 12.9 Å². The average Bonchev–Trinajstić information content (AvgIpc) is 3.61. The van der Waals surface area contributed by atoms with Gasteiger partial charge in [-0.3, -0.25) is 4.79 Å². The summed E-state index contributed by atoms with van der Waals surface area (Å²) in [6.45, 7) is 0.553. The van der Waals surface area contributed by atoms with Gasteiger partial charge in [-0.2, -0.15) is 11.8 Å². The smallest absolute Gasteiger partial charge is 0.326 e. The van der Waals surface area contributed by atoms with E-state index in [-0.39, 0.29) is 5.82 Å². The zero-order valence-electron chi connectivity index (χ0n) is 20.0. The predicted molar refractivity (Wildman–Crippen MR) is 146 cm³/mol. The number of nitrogens with zero attached hydrogens (tertiary/aromatic N) is 3. The third-order valence-electron chi connectivity index (χ3n) is 5.62. The van der Waals surface area contributed by atoms with Crippen LogP contribution in [0.1, 0.15) is 27.3 Å². The highest BCUT2D eigenvalue weighted by Crippen LogP contribution is 2.29. The molecule has 1 atom stereocenters. The van der Waals surface area contributed by atoms with Crippen molar-refractivity contribution in [1.82, 2.24) is 19.9 Å². The third kappa shape index (κ3) is 6.93. The molecule has 0 aliphatic carbocycles. The van der Waals surface area contributed by atoms with Crippen LogP contribution in [0.2, 0.25) is 0 Å². The largest absolute Gasteiger partial charge is 0.480 e. The lowest BCUT2D eigenvalue weighted by Gasteiger charge is -2.17. The van der Waals surface area contributed by atoms with Gasteiger partial charge >= 0.3 is 5.97 Å². The minimum Gasteiger partial charge on any atom is -0.480 e. The molecule has 0 bridgehead atoms. The maximum atomic E-state index is 13.7. The van der Waals surface area contributed by atoms with Crippen LogP contribution in [-0.4, -0.2) is 49.6 Å². The first-order chi connectivity index (χ1) is 17.9. The number of benzene rings is 2. The number of thioether (sulfide) groups is 1. The fourth-order valence-corrected chi connectivity index (χ4v) is 4.90. The summed E-state index contributed by atoms with van der Waals surface area (Å²) in [7, 11) is 0. The number of thiazole rings is 1. The van der Waals surface area contributed by atoms with Crippen LogP contribution in [0.15, 0.2) is 72.8 Å². The van der Waals surface area contributed by atoms with Gasteiger partial charge in [-0.05, 0) is 65.5 Å². The number of amides is 1. The number of carboxylic acids is 1. The van der Waals surface area contributed by atoms with Gasteiger partial charge in [0.1, 0.15) is 16.9 Å². The molecule has 10 heteroatoms. The Morgan fingerprint density at radius 3 is 2.68 bits per heavy atom. The van der Waals surface area contributed by atoms with E-state index in [2.05, 4.69) is 15.3 Å². The Morgan fingerprint density at radius 2 is 2.03 bits per heavy atom. The number of carboxylic acid groups (broad SMARTS) is 1. The van der Waals surface area contributed by atoms with Crippen molar-refractivity contribution in [3.63, 3.8) is 0 Å². The van der Waals surface area contributed by atoms with Gasteiger partial charge in [0.25, 0.3) is 5.91 Å². The maximum Gasteiger partial charge on any atom is 0.326 e. The average molecular weight is 537 g/mol. The molecular weight excluding hydrogens is 511 g/mol. The van der Waals surface area contributed by atoms with Gasteiger partial charge in [0.15, 0.2) is 0 Å². The van der Waals surface area contributed by atoms with Crippen molar-refractivity contribution in [3.05, 3.63) is 94.7 Å². The molecule has 2 aromatic heterocycles. The van der Waals surface area contributed by atoms with Crippen LogP contribution in [0.4, 0.5) is 4.39 Å². The summed E-state index contributed by atoms with van der Waals surface area (Å²) in [5, 5.41) is 15.0. The fourth-order valence-electron chi connectivity index (χ4n) is 3.78. The maximum absolute atomic E-state index is 13.7. The van der Waals surface area contributed by atoms with Gasteiger partial charge in [0.2, 0.25) is 0 Å². The lowest BCUT2D eigenvalue weighted by Crippen LogP contribution is -2.41.